The Kier molecular flexibility index (Phi) is 5.72. The van der Waals surface area contributed by atoms with E-state index in [9.17, 15) is 24.0 Å². The molecule has 2 aromatic carbocycles. The number of unbranched alkanes of at least 4 members (excludes halogenated alkanes) is 1. The lowest BCUT2D eigenvalue weighted by Gasteiger charge is -2.28. The monoisotopic (exact) mass is 435 g/mol. The summed E-state index contributed by atoms with van der Waals surface area (Å²) in [7, 11) is 0. The van der Waals surface area contributed by atoms with Gasteiger partial charge >= 0.3 is 5.97 Å². The number of carbonyl (C=O) groups excluding carboxylic acids is 5. The second kappa shape index (κ2) is 8.62. The molecule has 9 nitrogen and oxygen atoms in total. The van der Waals surface area contributed by atoms with Gasteiger partial charge in [0.1, 0.15) is 6.54 Å². The van der Waals surface area contributed by atoms with E-state index in [1.165, 1.54) is 28.0 Å². The van der Waals surface area contributed by atoms with Gasteiger partial charge in [-0.05, 0) is 36.8 Å². The van der Waals surface area contributed by atoms with Gasteiger partial charge < -0.3 is 10.1 Å². The minimum absolute atomic E-state index is 0.0619. The standard InChI is InChI=1S/C23H21N3O6/c1-2-3-10-25-21(29)15-9-8-14(11-16(15)22(25)30)23(31)32-13-20(28)26-12-19(27)24-17-6-4-5-7-18(17)26/h4-9,11H,2-3,10,12-13H2,1H3,(H,24,27). The summed E-state index contributed by atoms with van der Waals surface area (Å²) in [6.07, 6.45) is 1.53. The van der Waals surface area contributed by atoms with Gasteiger partial charge in [-0.15, -0.1) is 0 Å². The Morgan fingerprint density at radius 1 is 1.03 bits per heavy atom. The number of benzene rings is 2. The number of rotatable bonds is 6. The summed E-state index contributed by atoms with van der Waals surface area (Å²) in [6.45, 7) is 1.52. The molecule has 0 aliphatic carbocycles. The molecule has 0 atom stereocenters. The second-order valence-electron chi connectivity index (χ2n) is 7.50. The third-order valence-electron chi connectivity index (χ3n) is 5.34. The van der Waals surface area contributed by atoms with Crippen molar-refractivity contribution >= 4 is 41.0 Å². The topological polar surface area (TPSA) is 113 Å². The summed E-state index contributed by atoms with van der Waals surface area (Å²) in [6, 6.07) is 11.0. The molecule has 0 fully saturated rings. The number of carbonyl (C=O) groups is 5. The van der Waals surface area contributed by atoms with E-state index in [0.29, 0.717) is 24.3 Å². The molecule has 0 saturated heterocycles. The second-order valence-corrected chi connectivity index (χ2v) is 7.50. The van der Waals surface area contributed by atoms with Gasteiger partial charge in [0.25, 0.3) is 17.7 Å². The first-order chi connectivity index (χ1) is 15.4. The van der Waals surface area contributed by atoms with E-state index < -0.39 is 24.4 Å². The Morgan fingerprint density at radius 3 is 2.56 bits per heavy atom. The zero-order valence-corrected chi connectivity index (χ0v) is 17.4. The molecule has 4 amide bonds. The van der Waals surface area contributed by atoms with Crippen LogP contribution in [0.2, 0.25) is 0 Å². The van der Waals surface area contributed by atoms with Gasteiger partial charge in [-0.2, -0.15) is 0 Å². The largest absolute Gasteiger partial charge is 0.452 e. The third kappa shape index (κ3) is 3.84. The smallest absolute Gasteiger partial charge is 0.338 e. The molecule has 2 aliphatic rings. The first kappa shape index (κ1) is 21.2. The molecule has 0 unspecified atom stereocenters. The zero-order valence-electron chi connectivity index (χ0n) is 17.4. The Balaban J connectivity index is 1.44. The molecule has 0 bridgehead atoms. The van der Waals surface area contributed by atoms with Gasteiger partial charge in [-0.3, -0.25) is 29.0 Å². The van der Waals surface area contributed by atoms with Crippen molar-refractivity contribution in [1.82, 2.24) is 4.90 Å². The summed E-state index contributed by atoms with van der Waals surface area (Å²) in [4.78, 5) is 64.4. The molecule has 0 aromatic heterocycles. The molecule has 9 heteroatoms. The van der Waals surface area contributed by atoms with Crippen molar-refractivity contribution in [3.63, 3.8) is 0 Å². The van der Waals surface area contributed by atoms with Crippen LogP contribution in [0.1, 0.15) is 50.8 Å². The molecule has 0 saturated carbocycles. The predicted molar refractivity (Wildman–Crippen MR) is 114 cm³/mol. The van der Waals surface area contributed by atoms with E-state index in [1.807, 2.05) is 6.92 Å². The highest BCUT2D eigenvalue weighted by molar-refractivity contribution is 6.22. The minimum Gasteiger partial charge on any atom is -0.452 e. The first-order valence-electron chi connectivity index (χ1n) is 10.3. The Labute approximate surface area is 183 Å². The van der Waals surface area contributed by atoms with Gasteiger partial charge in [0.05, 0.1) is 28.1 Å². The molecule has 2 aliphatic heterocycles. The number of fused-ring (bicyclic) bond motifs is 2. The minimum atomic E-state index is -0.803. The predicted octanol–water partition coefficient (Wildman–Crippen LogP) is 2.22. The van der Waals surface area contributed by atoms with E-state index >= 15 is 0 Å². The highest BCUT2D eigenvalue weighted by Crippen LogP contribution is 2.29. The molecule has 32 heavy (non-hydrogen) atoms. The molecule has 1 N–H and O–H groups in total. The summed E-state index contributed by atoms with van der Waals surface area (Å²) in [5, 5.41) is 2.68. The molecule has 164 valence electrons. The summed E-state index contributed by atoms with van der Waals surface area (Å²) < 4.78 is 5.14. The average Bonchev–Trinajstić information content (AvgIpc) is 3.04. The number of anilines is 2. The van der Waals surface area contributed by atoms with Crippen LogP contribution in [-0.4, -0.2) is 54.2 Å². The van der Waals surface area contributed by atoms with Crippen molar-refractivity contribution in [2.24, 2.45) is 0 Å². The number of nitrogens with zero attached hydrogens (tertiary/aromatic N) is 2. The van der Waals surface area contributed by atoms with E-state index in [1.54, 1.807) is 24.3 Å². The molecule has 0 radical (unpaired) electrons. The number of hydrogen-bond acceptors (Lipinski definition) is 6. The van der Waals surface area contributed by atoms with Gasteiger partial charge in [-0.1, -0.05) is 25.5 Å². The van der Waals surface area contributed by atoms with Crippen LogP contribution in [0.25, 0.3) is 0 Å². The number of nitrogens with one attached hydrogen (secondary N) is 1. The van der Waals surface area contributed by atoms with Crippen LogP contribution in [0.5, 0.6) is 0 Å². The van der Waals surface area contributed by atoms with Crippen molar-refractivity contribution in [1.29, 1.82) is 0 Å². The van der Waals surface area contributed by atoms with Gasteiger partial charge in [0.2, 0.25) is 5.91 Å². The summed E-state index contributed by atoms with van der Waals surface area (Å²) in [5.74, 6) is -2.53. The number of amides is 4. The maximum Gasteiger partial charge on any atom is 0.338 e. The third-order valence-corrected chi connectivity index (χ3v) is 5.34. The van der Waals surface area contributed by atoms with Crippen LogP contribution >= 0.6 is 0 Å². The fourth-order valence-corrected chi connectivity index (χ4v) is 3.68. The quantitative estimate of drug-likeness (QED) is 0.550. The highest BCUT2D eigenvalue weighted by Gasteiger charge is 2.35. The van der Waals surface area contributed by atoms with Crippen molar-refractivity contribution in [3.8, 4) is 0 Å². The molecule has 0 spiro atoms. The van der Waals surface area contributed by atoms with Crippen molar-refractivity contribution < 1.29 is 28.7 Å². The SMILES string of the molecule is CCCCN1C(=O)c2ccc(C(=O)OCC(=O)N3CC(=O)Nc4ccccc43)cc2C1=O. The zero-order chi connectivity index (χ0) is 22.8. The van der Waals surface area contributed by atoms with Crippen LogP contribution in [0, 0.1) is 0 Å². The summed E-state index contributed by atoms with van der Waals surface area (Å²) in [5.41, 5.74) is 1.47. The van der Waals surface area contributed by atoms with Crippen molar-refractivity contribution in [2.45, 2.75) is 19.8 Å². The van der Waals surface area contributed by atoms with E-state index in [0.717, 1.165) is 6.42 Å². The maximum absolute atomic E-state index is 12.6. The number of esters is 1. The fraction of sp³-hybridized carbons (Fsp3) is 0.261. The fourth-order valence-electron chi connectivity index (χ4n) is 3.68. The lowest BCUT2D eigenvalue weighted by molar-refractivity contribution is -0.124. The summed E-state index contributed by atoms with van der Waals surface area (Å²) >= 11 is 0. The lowest BCUT2D eigenvalue weighted by Crippen LogP contribution is -2.44. The number of para-hydroxylation sites is 2. The van der Waals surface area contributed by atoms with Gasteiger partial charge in [0, 0.05) is 6.54 Å². The first-order valence-corrected chi connectivity index (χ1v) is 10.3. The van der Waals surface area contributed by atoms with E-state index in [4.69, 9.17) is 4.74 Å². The van der Waals surface area contributed by atoms with Gasteiger partial charge in [0.15, 0.2) is 6.61 Å². The number of hydrogen-bond donors (Lipinski definition) is 1. The average molecular weight is 435 g/mol. The lowest BCUT2D eigenvalue weighted by atomic mass is 10.1. The Morgan fingerprint density at radius 2 is 1.78 bits per heavy atom. The van der Waals surface area contributed by atoms with Crippen LogP contribution < -0.4 is 10.2 Å². The molecule has 4 rings (SSSR count). The van der Waals surface area contributed by atoms with Crippen molar-refractivity contribution in [2.75, 3.05) is 29.9 Å². The van der Waals surface area contributed by atoms with E-state index in [-0.39, 0.29) is 35.0 Å². The number of ether oxygens (including phenoxy) is 1. The van der Waals surface area contributed by atoms with Gasteiger partial charge in [-0.25, -0.2) is 4.79 Å². The maximum atomic E-state index is 12.6. The molecule has 2 heterocycles. The highest BCUT2D eigenvalue weighted by atomic mass is 16.5. The Hall–Kier alpha value is -4.01. The van der Waals surface area contributed by atoms with Crippen molar-refractivity contribution in [3.05, 3.63) is 59.2 Å². The molecular formula is C23H21N3O6. The Bertz CT molecular complexity index is 1140. The molecular weight excluding hydrogens is 414 g/mol. The normalized spacial score (nSPS) is 14.7. The van der Waals surface area contributed by atoms with Crippen LogP contribution in [0.3, 0.4) is 0 Å². The number of imide groups is 1. The van der Waals surface area contributed by atoms with E-state index in [2.05, 4.69) is 5.32 Å². The van der Waals surface area contributed by atoms with Crippen LogP contribution in [0.15, 0.2) is 42.5 Å². The molecule has 2 aromatic rings. The van der Waals surface area contributed by atoms with Crippen LogP contribution in [0.4, 0.5) is 11.4 Å². The van der Waals surface area contributed by atoms with Crippen LogP contribution in [-0.2, 0) is 14.3 Å².